The van der Waals surface area contributed by atoms with Crippen molar-refractivity contribution in [1.82, 2.24) is 0 Å². The molecule has 11 nitrogen and oxygen atoms in total. The van der Waals surface area contributed by atoms with Gasteiger partial charge >= 0.3 is 0 Å². The van der Waals surface area contributed by atoms with Crippen LogP contribution in [0.15, 0.2) is 0 Å². The average molecular weight is 342 g/mol. The Morgan fingerprint density at radius 1 is 0.652 bits per heavy atom. The van der Waals surface area contributed by atoms with Crippen LogP contribution in [0.5, 0.6) is 0 Å². The highest BCUT2D eigenvalue weighted by Gasteiger charge is 2.46. The lowest BCUT2D eigenvalue weighted by atomic mass is 9.98. The molecular formula is C12H22O11. The molecule has 2 rings (SSSR count). The summed E-state index contributed by atoms with van der Waals surface area (Å²) in [6.45, 7) is -1.10. The average Bonchev–Trinajstić information content (AvgIpc) is 2.54. The summed E-state index contributed by atoms with van der Waals surface area (Å²) in [5.74, 6) is 0. The Bertz CT molecular complexity index is 380. The number of hydrogen-bond donors (Lipinski definition) is 8. The van der Waals surface area contributed by atoms with E-state index in [0.29, 0.717) is 0 Å². The second kappa shape index (κ2) is 7.63. The van der Waals surface area contributed by atoms with E-state index in [2.05, 4.69) is 0 Å². The van der Waals surface area contributed by atoms with Gasteiger partial charge in [-0.05, 0) is 0 Å². The van der Waals surface area contributed by atoms with Crippen molar-refractivity contribution in [3.63, 3.8) is 0 Å². The van der Waals surface area contributed by atoms with Crippen molar-refractivity contribution in [2.75, 3.05) is 13.2 Å². The topological polar surface area (TPSA) is 190 Å². The van der Waals surface area contributed by atoms with Crippen molar-refractivity contribution in [3.8, 4) is 0 Å². The quantitative estimate of drug-likeness (QED) is 0.243. The monoisotopic (exact) mass is 342 g/mol. The Morgan fingerprint density at radius 2 is 1.22 bits per heavy atom. The molecular weight excluding hydrogens is 320 g/mol. The van der Waals surface area contributed by atoms with Gasteiger partial charge in [-0.1, -0.05) is 0 Å². The summed E-state index contributed by atoms with van der Waals surface area (Å²) < 4.78 is 15.1. The minimum absolute atomic E-state index is 0.468. The van der Waals surface area contributed by atoms with E-state index in [1.165, 1.54) is 0 Å². The zero-order valence-corrected chi connectivity index (χ0v) is 12.0. The van der Waals surface area contributed by atoms with Crippen molar-refractivity contribution in [1.29, 1.82) is 0 Å². The van der Waals surface area contributed by atoms with E-state index >= 15 is 0 Å². The van der Waals surface area contributed by atoms with Crippen molar-refractivity contribution < 1.29 is 55.1 Å². The fourth-order valence-corrected chi connectivity index (χ4v) is 2.46. The Morgan fingerprint density at radius 3 is 1.83 bits per heavy atom. The van der Waals surface area contributed by atoms with Crippen molar-refractivity contribution in [2.24, 2.45) is 0 Å². The van der Waals surface area contributed by atoms with Crippen molar-refractivity contribution >= 4 is 0 Å². The van der Waals surface area contributed by atoms with E-state index in [1.807, 2.05) is 0 Å². The van der Waals surface area contributed by atoms with Gasteiger partial charge in [0, 0.05) is 0 Å². The molecule has 0 aromatic carbocycles. The summed E-state index contributed by atoms with van der Waals surface area (Å²) >= 11 is 0. The summed E-state index contributed by atoms with van der Waals surface area (Å²) in [5, 5.41) is 76.1. The number of hydrogen-bond acceptors (Lipinski definition) is 11. The van der Waals surface area contributed by atoms with Gasteiger partial charge in [0.1, 0.15) is 48.8 Å². The molecule has 8 N–H and O–H groups in total. The third-order valence-electron chi connectivity index (χ3n) is 3.96. The predicted molar refractivity (Wildman–Crippen MR) is 68.6 cm³/mol. The van der Waals surface area contributed by atoms with Crippen molar-refractivity contribution in [3.05, 3.63) is 0 Å². The fraction of sp³-hybridized carbons (Fsp3) is 1.00. The number of aliphatic hydroxyl groups excluding tert-OH is 8. The van der Waals surface area contributed by atoms with Crippen LogP contribution in [0.3, 0.4) is 0 Å². The van der Waals surface area contributed by atoms with Gasteiger partial charge in [-0.2, -0.15) is 0 Å². The number of rotatable bonds is 4. The molecule has 136 valence electrons. The van der Waals surface area contributed by atoms with Crippen LogP contribution in [0.1, 0.15) is 0 Å². The molecule has 0 radical (unpaired) electrons. The first-order valence-electron chi connectivity index (χ1n) is 7.07. The van der Waals surface area contributed by atoms with Crippen LogP contribution < -0.4 is 0 Å². The van der Waals surface area contributed by atoms with Crippen molar-refractivity contribution in [2.45, 2.75) is 61.4 Å². The van der Waals surface area contributed by atoms with Gasteiger partial charge in [-0.25, -0.2) is 0 Å². The standard InChI is InChI=1S/C12H22O11/c13-1-3-5(14)8(17)10(19)12(23-3)21-2-4-6(15)7(16)9(18)11(20)22-4/h3-20H,1-2H2/t3-,4-,5+,6-,7+,8+,9-,10-,11-,12+/m0/s1. The lowest BCUT2D eigenvalue weighted by Gasteiger charge is -2.41. The molecule has 0 aromatic rings. The maximum absolute atomic E-state index is 9.78. The summed E-state index contributed by atoms with van der Waals surface area (Å²) in [6.07, 6.45) is -15.3. The van der Waals surface area contributed by atoms with E-state index in [9.17, 15) is 35.7 Å². The Hall–Kier alpha value is -0.440. The summed E-state index contributed by atoms with van der Waals surface area (Å²) in [7, 11) is 0. The molecule has 2 aliphatic heterocycles. The molecule has 0 aliphatic carbocycles. The third kappa shape index (κ3) is 3.81. The molecule has 0 bridgehead atoms. The van der Waals surface area contributed by atoms with Gasteiger partial charge in [0.25, 0.3) is 0 Å². The summed E-state index contributed by atoms with van der Waals surface area (Å²) in [6, 6.07) is 0. The second-order valence-corrected chi connectivity index (χ2v) is 5.57. The van der Waals surface area contributed by atoms with Gasteiger partial charge in [0.05, 0.1) is 13.2 Å². The molecule has 2 aliphatic rings. The zero-order chi connectivity index (χ0) is 17.3. The first-order chi connectivity index (χ1) is 10.8. The molecule has 0 saturated carbocycles. The van der Waals surface area contributed by atoms with E-state index in [1.54, 1.807) is 0 Å². The maximum atomic E-state index is 9.78. The molecule has 0 amide bonds. The molecule has 11 heteroatoms. The lowest BCUT2D eigenvalue weighted by Crippen LogP contribution is -2.61. The Labute approximate surface area is 130 Å². The Kier molecular flexibility index (Phi) is 6.27. The molecule has 2 saturated heterocycles. The highest BCUT2D eigenvalue weighted by atomic mass is 16.7. The molecule has 23 heavy (non-hydrogen) atoms. The third-order valence-corrected chi connectivity index (χ3v) is 3.96. The molecule has 0 spiro atoms. The SMILES string of the molecule is OC[C@@H]1O[C@@H](OC[C@@H]2O[C@H](O)[C@@H](O)[C@H](O)[C@H]2O)[C@@H](O)[C@H](O)[C@@H]1O. The van der Waals surface area contributed by atoms with Crippen LogP contribution in [0.25, 0.3) is 0 Å². The largest absolute Gasteiger partial charge is 0.394 e. The summed E-state index contributed by atoms with van der Waals surface area (Å²) in [4.78, 5) is 0. The summed E-state index contributed by atoms with van der Waals surface area (Å²) in [5.41, 5.74) is 0. The number of aliphatic hydroxyl groups is 8. The second-order valence-electron chi connectivity index (χ2n) is 5.57. The van der Waals surface area contributed by atoms with Crippen LogP contribution in [0, 0.1) is 0 Å². The van der Waals surface area contributed by atoms with Gasteiger partial charge in [-0.15, -0.1) is 0 Å². The van der Waals surface area contributed by atoms with Crippen LogP contribution in [0.4, 0.5) is 0 Å². The van der Waals surface area contributed by atoms with E-state index in [0.717, 1.165) is 0 Å². The molecule has 0 unspecified atom stereocenters. The molecule has 10 atom stereocenters. The normalized spacial score (nSPS) is 51.7. The van der Waals surface area contributed by atoms with Crippen LogP contribution >= 0.6 is 0 Å². The minimum Gasteiger partial charge on any atom is -0.394 e. The first kappa shape index (κ1) is 18.9. The molecule has 2 heterocycles. The van der Waals surface area contributed by atoms with Gasteiger partial charge in [-0.3, -0.25) is 0 Å². The highest BCUT2D eigenvalue weighted by molar-refractivity contribution is 4.91. The smallest absolute Gasteiger partial charge is 0.186 e. The molecule has 0 aromatic heterocycles. The van der Waals surface area contributed by atoms with E-state index < -0.39 is 74.6 Å². The van der Waals surface area contributed by atoms with Crippen LogP contribution in [-0.2, 0) is 14.2 Å². The zero-order valence-electron chi connectivity index (χ0n) is 12.0. The lowest BCUT2D eigenvalue weighted by molar-refractivity contribution is -0.325. The molecule has 2 fully saturated rings. The van der Waals surface area contributed by atoms with Crippen LogP contribution in [-0.4, -0.2) is 115 Å². The Balaban J connectivity index is 1.94. The van der Waals surface area contributed by atoms with Gasteiger partial charge in [0.2, 0.25) is 0 Å². The fourth-order valence-electron chi connectivity index (χ4n) is 2.46. The predicted octanol–water partition coefficient (Wildman–Crippen LogP) is -5.40. The van der Waals surface area contributed by atoms with E-state index in [4.69, 9.17) is 19.3 Å². The van der Waals surface area contributed by atoms with Gasteiger partial charge in [0.15, 0.2) is 12.6 Å². The van der Waals surface area contributed by atoms with Crippen LogP contribution in [0.2, 0.25) is 0 Å². The maximum Gasteiger partial charge on any atom is 0.186 e. The van der Waals surface area contributed by atoms with Gasteiger partial charge < -0.3 is 55.1 Å². The first-order valence-corrected chi connectivity index (χ1v) is 7.07. The number of ether oxygens (including phenoxy) is 3. The highest BCUT2D eigenvalue weighted by Crippen LogP contribution is 2.24. The van der Waals surface area contributed by atoms with E-state index in [-0.39, 0.29) is 0 Å². The minimum atomic E-state index is -1.74.